The number of hydrogen-bond acceptors (Lipinski definition) is 3. The Balaban J connectivity index is 2.66. The highest BCUT2D eigenvalue weighted by Crippen LogP contribution is 2.27. The van der Waals surface area contributed by atoms with Gasteiger partial charge in [0.05, 0.1) is 13.2 Å². The van der Waals surface area contributed by atoms with Gasteiger partial charge in [-0.1, -0.05) is 32.9 Å². The minimum Gasteiger partial charge on any atom is -0.493 e. The average molecular weight is 265 g/mol. The van der Waals surface area contributed by atoms with Crippen LogP contribution in [-0.4, -0.2) is 23.9 Å². The molecule has 3 nitrogen and oxygen atoms in total. The molecule has 3 N–H and O–H groups in total. The van der Waals surface area contributed by atoms with E-state index in [2.05, 4.69) is 39.8 Å². The fraction of sp³-hybridized carbons (Fsp3) is 0.625. The highest BCUT2D eigenvalue weighted by molar-refractivity contribution is 5.38. The molecular weight excluding hydrogens is 238 g/mol. The SMILES string of the molecule is Cc1cc(C(C)(C)C)ccc1OCCC(C)(N)CO. The number of ether oxygens (including phenoxy) is 1. The second kappa shape index (κ2) is 5.93. The van der Waals surface area contributed by atoms with Gasteiger partial charge in [-0.25, -0.2) is 0 Å². The van der Waals surface area contributed by atoms with Crippen LogP contribution in [0.5, 0.6) is 5.75 Å². The molecule has 0 bridgehead atoms. The lowest BCUT2D eigenvalue weighted by Crippen LogP contribution is -2.41. The summed E-state index contributed by atoms with van der Waals surface area (Å²) in [5, 5.41) is 9.09. The lowest BCUT2D eigenvalue weighted by molar-refractivity contribution is 0.174. The van der Waals surface area contributed by atoms with E-state index in [9.17, 15) is 0 Å². The third-order valence-electron chi connectivity index (χ3n) is 3.33. The van der Waals surface area contributed by atoms with Crippen LogP contribution in [0, 0.1) is 6.92 Å². The third-order valence-corrected chi connectivity index (χ3v) is 3.33. The van der Waals surface area contributed by atoms with Gasteiger partial charge in [0.25, 0.3) is 0 Å². The Labute approximate surface area is 116 Å². The number of benzene rings is 1. The standard InChI is InChI=1S/C16H27NO2/c1-12-10-13(15(2,3)4)6-7-14(12)19-9-8-16(5,17)11-18/h6-7,10,18H,8-9,11,17H2,1-5H3. The zero-order chi connectivity index (χ0) is 14.7. The number of aliphatic hydroxyl groups is 1. The lowest BCUT2D eigenvalue weighted by atomic mass is 9.86. The maximum atomic E-state index is 9.09. The van der Waals surface area contributed by atoms with E-state index in [0.717, 1.165) is 11.3 Å². The first-order valence-electron chi connectivity index (χ1n) is 6.79. The monoisotopic (exact) mass is 265 g/mol. The molecule has 0 heterocycles. The molecule has 0 radical (unpaired) electrons. The number of rotatable bonds is 5. The Morgan fingerprint density at radius 3 is 2.32 bits per heavy atom. The number of aryl methyl sites for hydroxylation is 1. The number of nitrogens with two attached hydrogens (primary N) is 1. The largest absolute Gasteiger partial charge is 0.493 e. The summed E-state index contributed by atoms with van der Waals surface area (Å²) in [7, 11) is 0. The smallest absolute Gasteiger partial charge is 0.122 e. The highest BCUT2D eigenvalue weighted by Gasteiger charge is 2.18. The van der Waals surface area contributed by atoms with Gasteiger partial charge in [-0.2, -0.15) is 0 Å². The molecule has 0 aliphatic carbocycles. The van der Waals surface area contributed by atoms with Crippen molar-refractivity contribution in [3.63, 3.8) is 0 Å². The average Bonchev–Trinajstić information content (AvgIpc) is 2.30. The van der Waals surface area contributed by atoms with Crippen LogP contribution in [0.3, 0.4) is 0 Å². The van der Waals surface area contributed by atoms with Crippen molar-refractivity contribution in [2.75, 3.05) is 13.2 Å². The van der Waals surface area contributed by atoms with E-state index in [1.54, 1.807) is 0 Å². The van der Waals surface area contributed by atoms with Gasteiger partial charge in [-0.05, 0) is 36.5 Å². The van der Waals surface area contributed by atoms with Gasteiger partial charge in [-0.3, -0.25) is 0 Å². The van der Waals surface area contributed by atoms with Crippen LogP contribution in [0.2, 0.25) is 0 Å². The first kappa shape index (κ1) is 16.0. The van der Waals surface area contributed by atoms with Crippen molar-refractivity contribution in [3.8, 4) is 5.75 Å². The molecule has 0 saturated heterocycles. The first-order valence-corrected chi connectivity index (χ1v) is 6.79. The molecule has 19 heavy (non-hydrogen) atoms. The molecule has 0 aliphatic rings. The van der Waals surface area contributed by atoms with Crippen LogP contribution in [0.1, 0.15) is 45.2 Å². The minimum absolute atomic E-state index is 0.0295. The molecular formula is C16H27NO2. The Morgan fingerprint density at radius 2 is 1.84 bits per heavy atom. The summed E-state index contributed by atoms with van der Waals surface area (Å²) in [6, 6.07) is 6.29. The quantitative estimate of drug-likeness (QED) is 0.860. The summed E-state index contributed by atoms with van der Waals surface area (Å²) >= 11 is 0. The van der Waals surface area contributed by atoms with Crippen molar-refractivity contribution >= 4 is 0 Å². The van der Waals surface area contributed by atoms with Gasteiger partial charge in [0.2, 0.25) is 0 Å². The Bertz CT molecular complexity index is 419. The van der Waals surface area contributed by atoms with E-state index >= 15 is 0 Å². The summed E-state index contributed by atoms with van der Waals surface area (Å²) in [6.45, 7) is 11.0. The van der Waals surface area contributed by atoms with Crippen LogP contribution < -0.4 is 10.5 Å². The first-order chi connectivity index (χ1) is 8.65. The summed E-state index contributed by atoms with van der Waals surface area (Å²) in [6.07, 6.45) is 0.629. The van der Waals surface area contributed by atoms with Crippen molar-refractivity contribution in [2.24, 2.45) is 5.73 Å². The number of aliphatic hydroxyl groups excluding tert-OH is 1. The molecule has 0 amide bonds. The minimum atomic E-state index is -0.570. The molecule has 1 aromatic carbocycles. The van der Waals surface area contributed by atoms with E-state index < -0.39 is 5.54 Å². The van der Waals surface area contributed by atoms with Crippen LogP contribution in [0.15, 0.2) is 18.2 Å². The fourth-order valence-corrected chi connectivity index (χ4v) is 1.75. The molecule has 0 spiro atoms. The van der Waals surface area contributed by atoms with Gasteiger partial charge in [-0.15, -0.1) is 0 Å². The van der Waals surface area contributed by atoms with Crippen LogP contribution in [-0.2, 0) is 5.41 Å². The normalized spacial score (nSPS) is 15.1. The second-order valence-electron chi connectivity index (χ2n) is 6.64. The van der Waals surface area contributed by atoms with Crippen LogP contribution >= 0.6 is 0 Å². The summed E-state index contributed by atoms with van der Waals surface area (Å²) in [5.41, 5.74) is 7.88. The Kier molecular flexibility index (Phi) is 4.99. The predicted octanol–water partition coefficient (Wildman–Crippen LogP) is 2.77. The van der Waals surface area contributed by atoms with E-state index in [0.29, 0.717) is 13.0 Å². The summed E-state index contributed by atoms with van der Waals surface area (Å²) in [4.78, 5) is 0. The second-order valence-corrected chi connectivity index (χ2v) is 6.64. The van der Waals surface area contributed by atoms with E-state index in [1.807, 2.05) is 13.0 Å². The maximum absolute atomic E-state index is 9.09. The number of hydrogen-bond donors (Lipinski definition) is 2. The van der Waals surface area contributed by atoms with Gasteiger partial charge in [0.15, 0.2) is 0 Å². The molecule has 0 saturated carbocycles. The maximum Gasteiger partial charge on any atom is 0.122 e. The molecule has 0 aliphatic heterocycles. The van der Waals surface area contributed by atoms with Crippen molar-refractivity contribution in [2.45, 2.75) is 52.0 Å². The lowest BCUT2D eigenvalue weighted by Gasteiger charge is -2.23. The summed E-state index contributed by atoms with van der Waals surface area (Å²) < 4.78 is 5.75. The molecule has 0 aromatic heterocycles. The van der Waals surface area contributed by atoms with Gasteiger partial charge in [0, 0.05) is 12.0 Å². The Hall–Kier alpha value is -1.06. The Morgan fingerprint density at radius 1 is 1.21 bits per heavy atom. The van der Waals surface area contributed by atoms with Crippen molar-refractivity contribution < 1.29 is 9.84 Å². The highest BCUT2D eigenvalue weighted by atomic mass is 16.5. The molecule has 1 rings (SSSR count). The van der Waals surface area contributed by atoms with E-state index in [1.165, 1.54) is 5.56 Å². The molecule has 1 atom stereocenters. The van der Waals surface area contributed by atoms with Crippen molar-refractivity contribution in [1.82, 2.24) is 0 Å². The zero-order valence-corrected chi connectivity index (χ0v) is 12.8. The molecule has 0 fully saturated rings. The third kappa shape index (κ3) is 4.84. The van der Waals surface area contributed by atoms with Crippen molar-refractivity contribution in [3.05, 3.63) is 29.3 Å². The molecule has 3 heteroatoms. The van der Waals surface area contributed by atoms with Crippen LogP contribution in [0.4, 0.5) is 0 Å². The fourth-order valence-electron chi connectivity index (χ4n) is 1.75. The van der Waals surface area contributed by atoms with Gasteiger partial charge in [0.1, 0.15) is 5.75 Å². The zero-order valence-electron chi connectivity index (χ0n) is 12.8. The van der Waals surface area contributed by atoms with E-state index in [4.69, 9.17) is 15.6 Å². The van der Waals surface area contributed by atoms with Crippen LogP contribution in [0.25, 0.3) is 0 Å². The van der Waals surface area contributed by atoms with Gasteiger partial charge < -0.3 is 15.6 Å². The molecule has 1 aromatic rings. The van der Waals surface area contributed by atoms with E-state index in [-0.39, 0.29) is 12.0 Å². The predicted molar refractivity (Wildman–Crippen MR) is 79.7 cm³/mol. The summed E-state index contributed by atoms with van der Waals surface area (Å²) in [5.74, 6) is 0.890. The molecule has 1 unspecified atom stereocenters. The van der Waals surface area contributed by atoms with Crippen molar-refractivity contribution in [1.29, 1.82) is 0 Å². The van der Waals surface area contributed by atoms with Gasteiger partial charge >= 0.3 is 0 Å². The molecule has 108 valence electrons. The topological polar surface area (TPSA) is 55.5 Å².